The van der Waals surface area contributed by atoms with Gasteiger partial charge in [-0.1, -0.05) is 49.4 Å². The van der Waals surface area contributed by atoms with E-state index in [9.17, 15) is 13.2 Å². The Morgan fingerprint density at radius 3 is 2.17 bits per heavy atom. The Morgan fingerprint density at radius 1 is 0.862 bits per heavy atom. The molecule has 4 rings (SSSR count). The van der Waals surface area contributed by atoms with Gasteiger partial charge in [-0.15, -0.1) is 0 Å². The van der Waals surface area contributed by atoms with E-state index in [-0.39, 0.29) is 5.91 Å². The van der Waals surface area contributed by atoms with Gasteiger partial charge in [0.15, 0.2) is 0 Å². The Balaban J connectivity index is 1.45. The quantitative estimate of drug-likeness (QED) is 0.663. The van der Waals surface area contributed by atoms with Crippen LogP contribution in [-0.4, -0.2) is 49.7 Å². The monoisotopic (exact) mass is 408 g/mol. The van der Waals surface area contributed by atoms with Crippen molar-refractivity contribution in [3.05, 3.63) is 77.9 Å². The van der Waals surface area contributed by atoms with Crippen LogP contribution in [0.15, 0.2) is 71.6 Å². The number of fused-ring (bicyclic) bond motifs is 1. The number of hydrogen-bond donors (Lipinski definition) is 0. The van der Waals surface area contributed by atoms with Crippen LogP contribution < -0.4 is 0 Å². The Labute approximate surface area is 171 Å². The highest BCUT2D eigenvalue weighted by molar-refractivity contribution is 7.89. The zero-order valence-electron chi connectivity index (χ0n) is 16.4. The van der Waals surface area contributed by atoms with Gasteiger partial charge in [0.05, 0.1) is 4.90 Å². The third-order valence-corrected chi connectivity index (χ3v) is 7.40. The molecule has 5 nitrogen and oxygen atoms in total. The van der Waals surface area contributed by atoms with Crippen LogP contribution in [0.3, 0.4) is 0 Å². The molecule has 0 bridgehead atoms. The van der Waals surface area contributed by atoms with E-state index < -0.39 is 10.0 Å². The Kier molecular flexibility index (Phi) is 5.39. The minimum Gasteiger partial charge on any atom is -0.336 e. The maximum absolute atomic E-state index is 12.9. The number of aryl methyl sites for hydroxylation is 1. The van der Waals surface area contributed by atoms with Crippen molar-refractivity contribution in [2.75, 3.05) is 26.2 Å². The molecular formula is C23H24N2O3S. The van der Waals surface area contributed by atoms with Gasteiger partial charge < -0.3 is 4.90 Å². The summed E-state index contributed by atoms with van der Waals surface area (Å²) in [7, 11) is -3.53. The van der Waals surface area contributed by atoms with Gasteiger partial charge in [0.1, 0.15) is 0 Å². The van der Waals surface area contributed by atoms with Gasteiger partial charge in [0, 0.05) is 31.7 Å². The highest BCUT2D eigenvalue weighted by Crippen LogP contribution is 2.21. The summed E-state index contributed by atoms with van der Waals surface area (Å²) < 4.78 is 27.3. The number of piperazine rings is 1. The van der Waals surface area contributed by atoms with Gasteiger partial charge in [-0.3, -0.25) is 4.79 Å². The van der Waals surface area contributed by atoms with Crippen LogP contribution in [0, 0.1) is 0 Å². The number of sulfonamides is 1. The van der Waals surface area contributed by atoms with E-state index in [2.05, 4.69) is 0 Å². The van der Waals surface area contributed by atoms with Gasteiger partial charge in [0.2, 0.25) is 10.0 Å². The van der Waals surface area contributed by atoms with Crippen molar-refractivity contribution in [1.29, 1.82) is 0 Å². The molecule has 0 aliphatic carbocycles. The average Bonchev–Trinajstić information content (AvgIpc) is 2.78. The first-order chi connectivity index (χ1) is 14.0. The van der Waals surface area contributed by atoms with E-state index in [0.717, 1.165) is 22.8 Å². The van der Waals surface area contributed by atoms with Gasteiger partial charge in [-0.05, 0) is 47.0 Å². The molecular weight excluding hydrogens is 384 g/mol. The van der Waals surface area contributed by atoms with Crippen molar-refractivity contribution >= 4 is 26.7 Å². The SMILES string of the molecule is CCc1ccc(S(=O)(=O)N2CCN(C(=O)c3ccc4ccccc4c3)CC2)cc1. The minimum atomic E-state index is -3.53. The second-order valence-electron chi connectivity index (χ2n) is 7.26. The number of benzene rings is 3. The van der Waals surface area contributed by atoms with Gasteiger partial charge in [-0.2, -0.15) is 4.31 Å². The predicted molar refractivity (Wildman–Crippen MR) is 114 cm³/mol. The molecule has 0 aromatic heterocycles. The zero-order chi connectivity index (χ0) is 20.4. The lowest BCUT2D eigenvalue weighted by Gasteiger charge is -2.34. The highest BCUT2D eigenvalue weighted by Gasteiger charge is 2.30. The van der Waals surface area contributed by atoms with E-state index in [0.29, 0.717) is 36.6 Å². The second-order valence-corrected chi connectivity index (χ2v) is 9.19. The molecule has 29 heavy (non-hydrogen) atoms. The van der Waals surface area contributed by atoms with E-state index in [1.165, 1.54) is 4.31 Å². The van der Waals surface area contributed by atoms with Gasteiger partial charge in [-0.25, -0.2) is 8.42 Å². The van der Waals surface area contributed by atoms with Crippen LogP contribution >= 0.6 is 0 Å². The second kappa shape index (κ2) is 7.97. The van der Waals surface area contributed by atoms with Crippen LogP contribution in [0.25, 0.3) is 10.8 Å². The fourth-order valence-electron chi connectivity index (χ4n) is 3.68. The summed E-state index contributed by atoms with van der Waals surface area (Å²) in [6.45, 7) is 3.42. The fourth-order valence-corrected chi connectivity index (χ4v) is 5.10. The number of rotatable bonds is 4. The first-order valence-electron chi connectivity index (χ1n) is 9.86. The maximum atomic E-state index is 12.9. The van der Waals surface area contributed by atoms with Gasteiger partial charge in [0.25, 0.3) is 5.91 Å². The molecule has 3 aromatic carbocycles. The normalized spacial score (nSPS) is 15.6. The molecule has 1 aliphatic heterocycles. The smallest absolute Gasteiger partial charge is 0.253 e. The molecule has 1 aliphatic rings. The van der Waals surface area contributed by atoms with Crippen LogP contribution in [0.1, 0.15) is 22.8 Å². The molecule has 0 saturated carbocycles. The molecule has 0 N–H and O–H groups in total. The van der Waals surface area contributed by atoms with Gasteiger partial charge >= 0.3 is 0 Å². The first kappa shape index (κ1) is 19.6. The third-order valence-electron chi connectivity index (χ3n) is 5.49. The molecule has 6 heteroatoms. The van der Waals surface area contributed by atoms with Crippen LogP contribution in [-0.2, 0) is 16.4 Å². The van der Waals surface area contributed by atoms with Crippen molar-refractivity contribution in [3.8, 4) is 0 Å². The molecule has 1 saturated heterocycles. The summed E-state index contributed by atoms with van der Waals surface area (Å²) in [4.78, 5) is 14.9. The number of carbonyl (C=O) groups excluding carboxylic acids is 1. The summed E-state index contributed by atoms with van der Waals surface area (Å²) in [6, 6.07) is 20.6. The highest BCUT2D eigenvalue weighted by atomic mass is 32.2. The fraction of sp³-hybridized carbons (Fsp3) is 0.261. The van der Waals surface area contributed by atoms with Crippen molar-refractivity contribution in [1.82, 2.24) is 9.21 Å². The average molecular weight is 409 g/mol. The summed E-state index contributed by atoms with van der Waals surface area (Å²) in [5.41, 5.74) is 1.74. The topological polar surface area (TPSA) is 57.7 Å². The lowest BCUT2D eigenvalue weighted by atomic mass is 10.1. The first-order valence-corrected chi connectivity index (χ1v) is 11.3. The van der Waals surface area contributed by atoms with Crippen LogP contribution in [0.4, 0.5) is 0 Å². The summed E-state index contributed by atoms with van der Waals surface area (Å²) >= 11 is 0. The Hall–Kier alpha value is -2.70. The lowest BCUT2D eigenvalue weighted by molar-refractivity contribution is 0.0698. The van der Waals surface area contributed by atoms with Crippen molar-refractivity contribution < 1.29 is 13.2 Å². The number of amides is 1. The molecule has 0 radical (unpaired) electrons. The summed E-state index contributed by atoms with van der Waals surface area (Å²) in [5.74, 6) is -0.0555. The van der Waals surface area contributed by atoms with E-state index >= 15 is 0 Å². The molecule has 150 valence electrons. The van der Waals surface area contributed by atoms with Crippen molar-refractivity contribution in [2.24, 2.45) is 0 Å². The molecule has 1 fully saturated rings. The number of hydrogen-bond acceptors (Lipinski definition) is 3. The molecule has 0 unspecified atom stereocenters. The van der Waals surface area contributed by atoms with E-state index in [1.807, 2.05) is 61.5 Å². The number of nitrogens with zero attached hydrogens (tertiary/aromatic N) is 2. The minimum absolute atomic E-state index is 0.0555. The maximum Gasteiger partial charge on any atom is 0.253 e. The molecule has 1 heterocycles. The summed E-state index contributed by atoms with van der Waals surface area (Å²) in [5, 5.41) is 2.11. The largest absolute Gasteiger partial charge is 0.336 e. The predicted octanol–water partition coefficient (Wildman–Crippen LogP) is 3.55. The lowest BCUT2D eigenvalue weighted by Crippen LogP contribution is -2.50. The molecule has 0 atom stereocenters. The molecule has 1 amide bonds. The number of carbonyl (C=O) groups is 1. The van der Waals surface area contributed by atoms with Crippen LogP contribution in [0.2, 0.25) is 0 Å². The molecule has 0 spiro atoms. The van der Waals surface area contributed by atoms with Crippen LogP contribution in [0.5, 0.6) is 0 Å². The zero-order valence-corrected chi connectivity index (χ0v) is 17.2. The Bertz CT molecular complexity index is 1130. The Morgan fingerprint density at radius 2 is 1.52 bits per heavy atom. The standard InChI is InChI=1S/C23H24N2O3S/c1-2-18-7-11-22(12-8-18)29(27,28)25-15-13-24(14-16-25)23(26)21-10-9-19-5-3-4-6-20(19)17-21/h3-12,17H,2,13-16H2,1H3. The van der Waals surface area contributed by atoms with Crippen molar-refractivity contribution in [2.45, 2.75) is 18.2 Å². The molecule has 3 aromatic rings. The van der Waals surface area contributed by atoms with Crippen molar-refractivity contribution in [3.63, 3.8) is 0 Å². The third kappa shape index (κ3) is 3.91. The van der Waals surface area contributed by atoms with E-state index in [1.54, 1.807) is 17.0 Å². The summed E-state index contributed by atoms with van der Waals surface area (Å²) in [6.07, 6.45) is 0.871. The van der Waals surface area contributed by atoms with E-state index in [4.69, 9.17) is 0 Å².